The molecule has 28 heavy (non-hydrogen) atoms. The summed E-state index contributed by atoms with van der Waals surface area (Å²) in [5, 5.41) is 9.44. The minimum atomic E-state index is -0.446. The Hall–Kier alpha value is -3.30. The van der Waals surface area contributed by atoms with Gasteiger partial charge in [-0.15, -0.1) is 0 Å². The monoisotopic (exact) mass is 359 g/mol. The Bertz CT molecular complexity index is 1180. The Kier molecular flexibility index (Phi) is 3.15. The standard InChI is InChI=1S/C25H16BO2/c27-26-28-23-15-7-11-19-18-10-3-6-14-22(18)25(24(19)23)20-12-4-1-8-16(20)17-9-2-5-13-21(17)25/h1-15,27H. The van der Waals surface area contributed by atoms with Crippen LogP contribution in [0.15, 0.2) is 91.0 Å². The minimum absolute atomic E-state index is 0.446. The molecule has 0 aromatic heterocycles. The summed E-state index contributed by atoms with van der Waals surface area (Å²) in [6, 6.07) is 31.9. The van der Waals surface area contributed by atoms with Crippen molar-refractivity contribution in [1.29, 1.82) is 0 Å². The predicted molar refractivity (Wildman–Crippen MR) is 111 cm³/mol. The van der Waals surface area contributed by atoms with Crippen LogP contribution in [0.2, 0.25) is 0 Å². The average Bonchev–Trinajstić information content (AvgIpc) is 3.22. The third-order valence-corrected chi connectivity index (χ3v) is 6.15. The lowest BCUT2D eigenvalue weighted by Gasteiger charge is -2.31. The highest BCUT2D eigenvalue weighted by Gasteiger charge is 2.52. The van der Waals surface area contributed by atoms with E-state index in [1.54, 1.807) is 0 Å². The molecule has 1 spiro atoms. The molecule has 2 nitrogen and oxygen atoms in total. The zero-order chi connectivity index (χ0) is 18.7. The van der Waals surface area contributed by atoms with E-state index in [9.17, 15) is 5.02 Å². The van der Waals surface area contributed by atoms with Crippen LogP contribution in [0.25, 0.3) is 22.3 Å². The van der Waals surface area contributed by atoms with Gasteiger partial charge in [-0.1, -0.05) is 84.9 Å². The quantitative estimate of drug-likeness (QED) is 0.444. The van der Waals surface area contributed by atoms with Crippen molar-refractivity contribution in [2.24, 2.45) is 0 Å². The normalized spacial score (nSPS) is 14.2. The SMILES string of the molecule is O[B]Oc1cccc2c1C1(c3ccccc3-c3ccccc31)c1ccccc1-2. The van der Waals surface area contributed by atoms with Crippen LogP contribution in [0.1, 0.15) is 22.3 Å². The molecule has 1 radical (unpaired) electrons. The summed E-state index contributed by atoms with van der Waals surface area (Å²) < 4.78 is 5.63. The van der Waals surface area contributed by atoms with Crippen molar-refractivity contribution in [3.05, 3.63) is 113 Å². The second kappa shape index (κ2) is 5.60. The molecule has 4 aromatic rings. The van der Waals surface area contributed by atoms with Gasteiger partial charge in [0.25, 0.3) is 0 Å². The van der Waals surface area contributed by atoms with Crippen molar-refractivity contribution in [2.75, 3.05) is 0 Å². The predicted octanol–water partition coefficient (Wildman–Crippen LogP) is 4.94. The molecule has 0 aliphatic heterocycles. The zero-order valence-corrected chi connectivity index (χ0v) is 15.1. The van der Waals surface area contributed by atoms with Gasteiger partial charge < -0.3 is 9.68 Å². The van der Waals surface area contributed by atoms with E-state index >= 15 is 0 Å². The van der Waals surface area contributed by atoms with E-state index in [0.717, 1.165) is 18.8 Å². The topological polar surface area (TPSA) is 29.5 Å². The molecule has 0 heterocycles. The summed E-state index contributed by atoms with van der Waals surface area (Å²) in [5.41, 5.74) is 9.31. The number of rotatable bonds is 2. The van der Waals surface area contributed by atoms with Crippen LogP contribution in [0, 0.1) is 0 Å². The Morgan fingerprint density at radius 3 is 1.57 bits per heavy atom. The molecule has 0 atom stereocenters. The maximum atomic E-state index is 9.44. The van der Waals surface area contributed by atoms with Crippen LogP contribution >= 0.6 is 0 Å². The fourth-order valence-corrected chi connectivity index (χ4v) is 5.27. The van der Waals surface area contributed by atoms with E-state index in [-0.39, 0.29) is 0 Å². The highest BCUT2D eigenvalue weighted by molar-refractivity contribution is 6.17. The van der Waals surface area contributed by atoms with Gasteiger partial charge in [-0.25, -0.2) is 0 Å². The van der Waals surface area contributed by atoms with E-state index in [1.165, 1.54) is 33.4 Å². The van der Waals surface area contributed by atoms with Gasteiger partial charge in [-0.05, 0) is 45.0 Å². The molecule has 0 unspecified atom stereocenters. The minimum Gasteiger partial charge on any atom is -0.537 e. The molecule has 4 aromatic carbocycles. The third-order valence-electron chi connectivity index (χ3n) is 6.15. The largest absolute Gasteiger partial charge is 0.569 e. The molecular weight excluding hydrogens is 343 g/mol. The van der Waals surface area contributed by atoms with Crippen molar-refractivity contribution in [3.63, 3.8) is 0 Å². The molecule has 6 rings (SSSR count). The first-order valence-corrected chi connectivity index (χ1v) is 9.42. The van der Waals surface area contributed by atoms with Crippen LogP contribution in [0.5, 0.6) is 5.75 Å². The highest BCUT2D eigenvalue weighted by atomic mass is 16.5. The summed E-state index contributed by atoms with van der Waals surface area (Å²) in [7, 11) is 0.777. The first-order chi connectivity index (χ1) is 13.9. The molecule has 0 fully saturated rings. The molecular formula is C25H16BO2. The maximum Gasteiger partial charge on any atom is 0.569 e. The van der Waals surface area contributed by atoms with E-state index < -0.39 is 5.41 Å². The molecule has 0 bridgehead atoms. The number of fused-ring (bicyclic) bond motifs is 10. The number of hydrogen-bond acceptors (Lipinski definition) is 2. The molecule has 1 N–H and O–H groups in total. The van der Waals surface area contributed by atoms with Gasteiger partial charge in [0, 0.05) is 5.56 Å². The van der Waals surface area contributed by atoms with Crippen molar-refractivity contribution < 1.29 is 9.68 Å². The van der Waals surface area contributed by atoms with Crippen LogP contribution in [-0.2, 0) is 5.41 Å². The second-order valence-corrected chi connectivity index (χ2v) is 7.29. The lowest BCUT2D eigenvalue weighted by molar-refractivity contribution is 0.448. The highest BCUT2D eigenvalue weighted by Crippen LogP contribution is 2.64. The van der Waals surface area contributed by atoms with E-state index in [4.69, 9.17) is 4.65 Å². The Labute approximate surface area is 164 Å². The second-order valence-electron chi connectivity index (χ2n) is 7.29. The van der Waals surface area contributed by atoms with Crippen molar-refractivity contribution in [1.82, 2.24) is 0 Å². The van der Waals surface area contributed by atoms with Gasteiger partial charge in [-0.3, -0.25) is 0 Å². The molecule has 3 heteroatoms. The summed E-state index contributed by atoms with van der Waals surface area (Å²) in [6.07, 6.45) is 0. The number of hydrogen-bond donors (Lipinski definition) is 1. The Morgan fingerprint density at radius 2 is 1.04 bits per heavy atom. The van der Waals surface area contributed by atoms with Crippen molar-refractivity contribution in [2.45, 2.75) is 5.41 Å². The van der Waals surface area contributed by atoms with E-state index in [2.05, 4.69) is 78.9 Å². The van der Waals surface area contributed by atoms with Gasteiger partial charge in [0.2, 0.25) is 0 Å². The zero-order valence-electron chi connectivity index (χ0n) is 15.1. The van der Waals surface area contributed by atoms with Crippen LogP contribution in [-0.4, -0.2) is 12.7 Å². The summed E-state index contributed by atoms with van der Waals surface area (Å²) in [6.45, 7) is 0. The van der Waals surface area contributed by atoms with Crippen LogP contribution in [0.4, 0.5) is 0 Å². The summed E-state index contributed by atoms with van der Waals surface area (Å²) >= 11 is 0. The van der Waals surface area contributed by atoms with Crippen LogP contribution < -0.4 is 4.65 Å². The fourth-order valence-electron chi connectivity index (χ4n) is 5.27. The van der Waals surface area contributed by atoms with Crippen molar-refractivity contribution in [3.8, 4) is 28.0 Å². The molecule has 0 amide bonds. The van der Waals surface area contributed by atoms with Crippen LogP contribution in [0.3, 0.4) is 0 Å². The van der Waals surface area contributed by atoms with Gasteiger partial charge >= 0.3 is 7.69 Å². The molecule has 131 valence electrons. The molecule has 0 saturated carbocycles. The summed E-state index contributed by atoms with van der Waals surface area (Å²) in [4.78, 5) is 0. The fraction of sp³-hybridized carbons (Fsp3) is 0.0400. The van der Waals surface area contributed by atoms with E-state index in [0.29, 0.717) is 5.75 Å². The van der Waals surface area contributed by atoms with Gasteiger partial charge in [0.15, 0.2) is 0 Å². The summed E-state index contributed by atoms with van der Waals surface area (Å²) in [5.74, 6) is 0.683. The first-order valence-electron chi connectivity index (χ1n) is 9.42. The Morgan fingerprint density at radius 1 is 0.571 bits per heavy atom. The van der Waals surface area contributed by atoms with Gasteiger partial charge in [0.1, 0.15) is 5.75 Å². The lowest BCUT2D eigenvalue weighted by Crippen LogP contribution is -2.26. The van der Waals surface area contributed by atoms with E-state index in [1.807, 2.05) is 12.1 Å². The smallest absolute Gasteiger partial charge is 0.537 e. The number of benzene rings is 4. The maximum absolute atomic E-state index is 9.44. The lowest BCUT2D eigenvalue weighted by atomic mass is 9.70. The third kappa shape index (κ3) is 1.73. The van der Waals surface area contributed by atoms with Crippen molar-refractivity contribution >= 4 is 7.69 Å². The molecule has 2 aliphatic carbocycles. The molecule has 2 aliphatic rings. The molecule has 0 saturated heterocycles. The Balaban J connectivity index is 1.85. The van der Waals surface area contributed by atoms with Gasteiger partial charge in [0.05, 0.1) is 5.41 Å². The first kappa shape index (κ1) is 15.7. The average molecular weight is 359 g/mol. The van der Waals surface area contributed by atoms with Gasteiger partial charge in [-0.2, -0.15) is 0 Å².